The molecule has 2 heterocycles. The molecule has 0 saturated heterocycles. The zero-order chi connectivity index (χ0) is 21.5. The summed E-state index contributed by atoms with van der Waals surface area (Å²) >= 11 is 6.10. The van der Waals surface area contributed by atoms with E-state index in [9.17, 15) is 4.79 Å². The number of aromatic nitrogens is 2. The van der Waals surface area contributed by atoms with Crippen molar-refractivity contribution in [1.82, 2.24) is 10.2 Å². The summed E-state index contributed by atoms with van der Waals surface area (Å²) < 4.78 is 11.0. The molecule has 2 atom stereocenters. The monoisotopic (exact) mass is 435 g/mol. The average molecular weight is 436 g/mol. The first-order valence-corrected chi connectivity index (χ1v) is 10.6. The number of H-pyrrole nitrogens is 1. The lowest BCUT2D eigenvalue weighted by Gasteiger charge is -2.34. The van der Waals surface area contributed by atoms with Crippen LogP contribution in [0.5, 0.6) is 11.5 Å². The van der Waals surface area contributed by atoms with Crippen molar-refractivity contribution in [3.63, 3.8) is 0 Å². The van der Waals surface area contributed by atoms with E-state index in [0.717, 1.165) is 40.9 Å². The van der Waals surface area contributed by atoms with E-state index >= 15 is 0 Å². The maximum absolute atomic E-state index is 13.1. The van der Waals surface area contributed by atoms with E-state index in [1.807, 2.05) is 42.5 Å². The molecule has 158 valence electrons. The first-order chi connectivity index (χ1) is 15.1. The van der Waals surface area contributed by atoms with E-state index in [0.29, 0.717) is 28.8 Å². The molecule has 2 unspecified atom stereocenters. The van der Waals surface area contributed by atoms with Gasteiger partial charge in [-0.2, -0.15) is 5.10 Å². The number of carbonyl (C=O) groups is 1. The number of hydrogen-bond donors (Lipinski definition) is 1. The van der Waals surface area contributed by atoms with E-state index in [1.165, 1.54) is 0 Å². The Labute approximate surface area is 185 Å². The Balaban J connectivity index is 1.73. The van der Waals surface area contributed by atoms with Crippen molar-refractivity contribution in [2.24, 2.45) is 10.9 Å². The summed E-state index contributed by atoms with van der Waals surface area (Å²) in [5.41, 5.74) is 4.62. The molecule has 0 amide bonds. The number of nitrogens with one attached hydrogen (secondary N) is 1. The number of aromatic amines is 1. The summed E-state index contributed by atoms with van der Waals surface area (Å²) in [6.07, 6.45) is 2.20. The van der Waals surface area contributed by atoms with Crippen LogP contribution in [-0.4, -0.2) is 35.9 Å². The van der Waals surface area contributed by atoms with Gasteiger partial charge in [-0.1, -0.05) is 29.8 Å². The highest BCUT2D eigenvalue weighted by Crippen LogP contribution is 2.49. The number of rotatable bonds is 4. The fraction of sp³-hybridized carbons (Fsp3) is 0.292. The van der Waals surface area contributed by atoms with E-state index in [1.54, 1.807) is 14.2 Å². The van der Waals surface area contributed by atoms with Crippen LogP contribution < -0.4 is 9.47 Å². The molecule has 5 rings (SSSR count). The number of ketones is 1. The van der Waals surface area contributed by atoms with Crippen molar-refractivity contribution in [2.75, 3.05) is 14.2 Å². The highest BCUT2D eigenvalue weighted by Gasteiger charge is 2.43. The molecule has 2 aromatic carbocycles. The molecule has 3 aromatic rings. The lowest BCUT2D eigenvalue weighted by molar-refractivity contribution is -0.121. The maximum atomic E-state index is 13.1. The number of ether oxygens (including phenoxy) is 2. The number of fused-ring (bicyclic) bond motifs is 2. The number of methoxy groups -OCH3 is 2. The van der Waals surface area contributed by atoms with Crippen LogP contribution in [0, 0.1) is 5.92 Å². The number of Topliss-reactive ketones (excluding diaryl/α,β-unsaturated/α-hetero) is 1. The molecule has 1 aliphatic heterocycles. The van der Waals surface area contributed by atoms with E-state index in [-0.39, 0.29) is 17.6 Å². The predicted octanol–water partition coefficient (Wildman–Crippen LogP) is 5.33. The molecule has 0 radical (unpaired) electrons. The zero-order valence-electron chi connectivity index (χ0n) is 17.3. The van der Waals surface area contributed by atoms with Gasteiger partial charge in [0.1, 0.15) is 5.78 Å². The molecule has 0 bridgehead atoms. The van der Waals surface area contributed by atoms with Gasteiger partial charge in [0.2, 0.25) is 0 Å². The fourth-order valence-electron chi connectivity index (χ4n) is 4.71. The third kappa shape index (κ3) is 3.31. The van der Waals surface area contributed by atoms with Crippen molar-refractivity contribution < 1.29 is 14.3 Å². The minimum atomic E-state index is -0.303. The zero-order valence-corrected chi connectivity index (χ0v) is 18.1. The van der Waals surface area contributed by atoms with Crippen LogP contribution in [0.4, 0.5) is 5.82 Å². The first kappa shape index (κ1) is 19.8. The van der Waals surface area contributed by atoms with Gasteiger partial charge in [0.15, 0.2) is 17.3 Å². The molecular formula is C24H22ClN3O3. The number of benzene rings is 2. The van der Waals surface area contributed by atoms with E-state index in [2.05, 4.69) is 10.2 Å². The van der Waals surface area contributed by atoms with Gasteiger partial charge in [-0.25, -0.2) is 4.99 Å². The van der Waals surface area contributed by atoms with Crippen LogP contribution in [0.3, 0.4) is 0 Å². The predicted molar refractivity (Wildman–Crippen MR) is 120 cm³/mol. The summed E-state index contributed by atoms with van der Waals surface area (Å²) in [4.78, 5) is 17.9. The second-order valence-electron chi connectivity index (χ2n) is 7.84. The van der Waals surface area contributed by atoms with Crippen molar-refractivity contribution >= 4 is 28.9 Å². The largest absolute Gasteiger partial charge is 0.493 e. The lowest BCUT2D eigenvalue weighted by atomic mass is 9.69. The quantitative estimate of drug-likeness (QED) is 0.600. The Kier molecular flexibility index (Phi) is 5.02. The van der Waals surface area contributed by atoms with Gasteiger partial charge < -0.3 is 9.47 Å². The Morgan fingerprint density at radius 1 is 1.00 bits per heavy atom. The van der Waals surface area contributed by atoms with Gasteiger partial charge in [0.25, 0.3) is 0 Å². The molecule has 1 N–H and O–H groups in total. The molecule has 1 saturated carbocycles. The van der Waals surface area contributed by atoms with Crippen LogP contribution in [-0.2, 0) is 4.79 Å². The van der Waals surface area contributed by atoms with Crippen LogP contribution >= 0.6 is 11.6 Å². The number of hydrogen-bond acceptors (Lipinski definition) is 5. The maximum Gasteiger partial charge on any atom is 0.178 e. The Morgan fingerprint density at radius 3 is 2.52 bits per heavy atom. The second kappa shape index (κ2) is 7.85. The highest BCUT2D eigenvalue weighted by molar-refractivity contribution is 6.30. The molecule has 0 spiro atoms. The number of aliphatic imine (C=N–C) groups is 1. The van der Waals surface area contributed by atoms with Crippen LogP contribution in [0.2, 0.25) is 5.02 Å². The molecule has 1 fully saturated rings. The molecular weight excluding hydrogens is 414 g/mol. The minimum absolute atomic E-state index is 0.209. The molecule has 1 aromatic heterocycles. The van der Waals surface area contributed by atoms with Crippen molar-refractivity contribution in [1.29, 1.82) is 0 Å². The number of nitrogens with zero attached hydrogens (tertiary/aromatic N) is 2. The van der Waals surface area contributed by atoms with Crippen molar-refractivity contribution in [3.8, 4) is 22.8 Å². The Morgan fingerprint density at radius 2 is 1.77 bits per heavy atom. The van der Waals surface area contributed by atoms with Crippen LogP contribution in [0.25, 0.3) is 11.3 Å². The summed E-state index contributed by atoms with van der Waals surface area (Å²) in [7, 11) is 3.23. The molecule has 31 heavy (non-hydrogen) atoms. The van der Waals surface area contributed by atoms with Gasteiger partial charge in [-0.3, -0.25) is 9.89 Å². The van der Waals surface area contributed by atoms with Crippen LogP contribution in [0.15, 0.2) is 47.5 Å². The van der Waals surface area contributed by atoms with Gasteiger partial charge in [-0.15, -0.1) is 0 Å². The summed E-state index contributed by atoms with van der Waals surface area (Å²) in [6.45, 7) is 0. The lowest BCUT2D eigenvalue weighted by Crippen LogP contribution is -2.36. The summed E-state index contributed by atoms with van der Waals surface area (Å²) in [5.74, 6) is 1.63. The molecule has 1 aliphatic carbocycles. The third-order valence-electron chi connectivity index (χ3n) is 6.14. The van der Waals surface area contributed by atoms with Gasteiger partial charge >= 0.3 is 0 Å². The minimum Gasteiger partial charge on any atom is -0.493 e. The summed E-state index contributed by atoms with van der Waals surface area (Å²) in [6, 6.07) is 13.4. The van der Waals surface area contributed by atoms with E-state index < -0.39 is 0 Å². The fourth-order valence-corrected chi connectivity index (χ4v) is 4.84. The van der Waals surface area contributed by atoms with Gasteiger partial charge in [0, 0.05) is 34.2 Å². The average Bonchev–Trinajstić information content (AvgIpc) is 3.21. The first-order valence-electron chi connectivity index (χ1n) is 10.3. The van der Waals surface area contributed by atoms with Crippen molar-refractivity contribution in [3.05, 3.63) is 58.6 Å². The standard InChI is InChI=1S/C24H22ClN3O3/c1-30-18-11-8-14(12-19(18)31-2)20-21-16(4-3-5-17(21)29)26-24-22(20)23(27-28-24)13-6-9-15(25)10-7-13/h6-12,20-21H,3-5H2,1-2H3,(H,27,28). The van der Waals surface area contributed by atoms with Crippen molar-refractivity contribution in [2.45, 2.75) is 25.2 Å². The van der Waals surface area contributed by atoms with Gasteiger partial charge in [0.05, 0.1) is 25.8 Å². The SMILES string of the molecule is COc1ccc(C2c3c(n[nH]c3-c3ccc(Cl)cc3)N=C3CCCC(=O)C32)cc1OC. The number of carbonyl (C=O) groups excluding carboxylic acids is 1. The molecule has 6 nitrogen and oxygen atoms in total. The third-order valence-corrected chi connectivity index (χ3v) is 6.39. The highest BCUT2D eigenvalue weighted by atomic mass is 35.5. The normalized spacial score (nSPS) is 20.0. The van der Waals surface area contributed by atoms with Crippen LogP contribution in [0.1, 0.15) is 36.3 Å². The Hall–Kier alpha value is -3.12. The number of halogens is 1. The molecule has 2 aliphatic rings. The topological polar surface area (TPSA) is 76.6 Å². The van der Waals surface area contributed by atoms with Gasteiger partial charge in [-0.05, 0) is 42.7 Å². The molecule has 7 heteroatoms. The Bertz CT molecular complexity index is 1180. The second-order valence-corrected chi connectivity index (χ2v) is 8.27. The smallest absolute Gasteiger partial charge is 0.178 e. The summed E-state index contributed by atoms with van der Waals surface area (Å²) in [5, 5.41) is 8.33. The van der Waals surface area contributed by atoms with E-state index in [4.69, 9.17) is 26.1 Å².